The van der Waals surface area contributed by atoms with Crippen LogP contribution in [0.25, 0.3) is 0 Å². The molecule has 2 aromatic rings. The number of hydrogen-bond acceptors (Lipinski definition) is 3. The van der Waals surface area contributed by atoms with E-state index < -0.39 is 0 Å². The fourth-order valence-corrected chi connectivity index (χ4v) is 3.82. The number of halogens is 1. The van der Waals surface area contributed by atoms with Gasteiger partial charge in [0.1, 0.15) is 11.6 Å². The second-order valence-corrected chi connectivity index (χ2v) is 7.20. The molecule has 2 amide bonds. The Morgan fingerprint density at radius 2 is 1.93 bits per heavy atom. The average Bonchev–Trinajstić information content (AvgIpc) is 3.11. The molecule has 0 saturated heterocycles. The van der Waals surface area contributed by atoms with E-state index in [0.29, 0.717) is 17.9 Å². The highest BCUT2D eigenvalue weighted by molar-refractivity contribution is 5.97. The monoisotopic (exact) mass is 372 g/mol. The van der Waals surface area contributed by atoms with E-state index >= 15 is 0 Å². The summed E-state index contributed by atoms with van der Waals surface area (Å²) < 4.78 is 18.8. The molecule has 1 aliphatic carbocycles. The van der Waals surface area contributed by atoms with Gasteiger partial charge in [-0.1, -0.05) is 31.4 Å². The molecular weight excluding hydrogens is 347 g/mol. The molecule has 2 N–H and O–H groups in total. The van der Waals surface area contributed by atoms with Gasteiger partial charge >= 0.3 is 0 Å². The second-order valence-electron chi connectivity index (χ2n) is 7.20. The van der Waals surface area contributed by atoms with Gasteiger partial charge in [-0.3, -0.25) is 9.59 Å². The minimum Gasteiger partial charge on any atom is -0.469 e. The van der Waals surface area contributed by atoms with E-state index in [1.807, 2.05) is 6.07 Å². The lowest BCUT2D eigenvalue weighted by Crippen LogP contribution is -2.45. The smallest absolute Gasteiger partial charge is 0.255 e. The predicted octanol–water partition coefficient (Wildman–Crippen LogP) is 3.48. The van der Waals surface area contributed by atoms with Gasteiger partial charge in [-0.15, -0.1) is 0 Å². The molecule has 1 saturated carbocycles. The van der Waals surface area contributed by atoms with Crippen molar-refractivity contribution in [3.8, 4) is 0 Å². The maximum absolute atomic E-state index is 13.7. The first-order valence-electron chi connectivity index (χ1n) is 9.35. The molecule has 0 radical (unpaired) electrons. The van der Waals surface area contributed by atoms with E-state index in [1.165, 1.54) is 12.3 Å². The van der Waals surface area contributed by atoms with Crippen molar-refractivity contribution in [1.82, 2.24) is 10.6 Å². The van der Waals surface area contributed by atoms with Crippen LogP contribution in [0.4, 0.5) is 4.39 Å². The third kappa shape index (κ3) is 4.56. The topological polar surface area (TPSA) is 71.3 Å². The third-order valence-electron chi connectivity index (χ3n) is 5.38. The van der Waals surface area contributed by atoms with Crippen molar-refractivity contribution in [3.63, 3.8) is 0 Å². The number of rotatable bonds is 6. The summed E-state index contributed by atoms with van der Waals surface area (Å²) in [5, 5.41) is 5.53. The first-order valence-corrected chi connectivity index (χ1v) is 9.35. The fourth-order valence-electron chi connectivity index (χ4n) is 3.82. The first-order chi connectivity index (χ1) is 13.0. The van der Waals surface area contributed by atoms with E-state index in [2.05, 4.69) is 10.6 Å². The number of hydrogen-bond donors (Lipinski definition) is 2. The SMILES string of the molecule is Cc1occc1C(=O)NCC(=O)NCC1(c2cccc(F)c2)CCCCC1. The van der Waals surface area contributed by atoms with Gasteiger partial charge in [0.05, 0.1) is 18.4 Å². The highest BCUT2D eigenvalue weighted by Gasteiger charge is 2.34. The molecule has 1 aromatic carbocycles. The Hall–Kier alpha value is -2.63. The molecule has 27 heavy (non-hydrogen) atoms. The minimum atomic E-state index is -0.339. The maximum atomic E-state index is 13.7. The van der Waals surface area contributed by atoms with Crippen molar-refractivity contribution in [2.75, 3.05) is 13.1 Å². The molecule has 144 valence electrons. The Morgan fingerprint density at radius 3 is 2.59 bits per heavy atom. The van der Waals surface area contributed by atoms with Crippen LogP contribution in [0.3, 0.4) is 0 Å². The zero-order chi connectivity index (χ0) is 19.3. The molecule has 1 aromatic heterocycles. The molecule has 0 spiro atoms. The Labute approximate surface area is 158 Å². The molecule has 0 aliphatic heterocycles. The van der Waals surface area contributed by atoms with Crippen LogP contribution in [0, 0.1) is 12.7 Å². The van der Waals surface area contributed by atoms with Crippen LogP contribution < -0.4 is 10.6 Å². The van der Waals surface area contributed by atoms with E-state index in [0.717, 1.165) is 37.7 Å². The van der Waals surface area contributed by atoms with Gasteiger partial charge in [-0.05, 0) is 43.5 Å². The number of furan rings is 1. The Bertz CT molecular complexity index is 809. The molecule has 1 aliphatic rings. The second kappa shape index (κ2) is 8.37. The van der Waals surface area contributed by atoms with Crippen LogP contribution in [0.1, 0.15) is 53.8 Å². The molecule has 0 unspecified atom stereocenters. The third-order valence-corrected chi connectivity index (χ3v) is 5.38. The van der Waals surface area contributed by atoms with Gasteiger partial charge in [0.2, 0.25) is 5.91 Å². The van der Waals surface area contributed by atoms with Crippen LogP contribution in [0.15, 0.2) is 41.0 Å². The highest BCUT2D eigenvalue weighted by Crippen LogP contribution is 2.39. The van der Waals surface area contributed by atoms with E-state index in [1.54, 1.807) is 25.1 Å². The summed E-state index contributed by atoms with van der Waals surface area (Å²) in [4.78, 5) is 24.3. The van der Waals surface area contributed by atoms with E-state index in [-0.39, 0.29) is 29.6 Å². The number of benzene rings is 1. The van der Waals surface area contributed by atoms with Crippen molar-refractivity contribution < 1.29 is 18.4 Å². The van der Waals surface area contributed by atoms with Gasteiger partial charge in [0.15, 0.2) is 0 Å². The predicted molar refractivity (Wildman–Crippen MR) is 100.0 cm³/mol. The maximum Gasteiger partial charge on any atom is 0.255 e. The highest BCUT2D eigenvalue weighted by atomic mass is 19.1. The Kier molecular flexibility index (Phi) is 5.94. The summed E-state index contributed by atoms with van der Waals surface area (Å²) in [5.41, 5.74) is 1.10. The molecule has 0 atom stereocenters. The van der Waals surface area contributed by atoms with Crippen molar-refractivity contribution >= 4 is 11.8 Å². The summed E-state index contributed by atoms with van der Waals surface area (Å²) in [6.45, 7) is 2.03. The van der Waals surface area contributed by atoms with Gasteiger partial charge in [-0.25, -0.2) is 4.39 Å². The lowest BCUT2D eigenvalue weighted by atomic mass is 9.69. The lowest BCUT2D eigenvalue weighted by Gasteiger charge is -2.38. The van der Waals surface area contributed by atoms with Crippen LogP contribution in [-0.4, -0.2) is 24.9 Å². The van der Waals surface area contributed by atoms with Crippen LogP contribution in [0.2, 0.25) is 0 Å². The van der Waals surface area contributed by atoms with Gasteiger partial charge < -0.3 is 15.1 Å². The summed E-state index contributed by atoms with van der Waals surface area (Å²) >= 11 is 0. The number of carbonyl (C=O) groups excluding carboxylic acids is 2. The molecule has 0 bridgehead atoms. The standard InChI is InChI=1S/C21H25FN2O3/c1-15-18(8-11-27-15)20(26)23-13-19(25)24-14-21(9-3-2-4-10-21)16-6-5-7-17(22)12-16/h5-8,11-12H,2-4,9-10,13-14H2,1H3,(H,23,26)(H,24,25). The van der Waals surface area contributed by atoms with Crippen molar-refractivity contribution in [1.29, 1.82) is 0 Å². The summed E-state index contributed by atoms with van der Waals surface area (Å²) in [6, 6.07) is 8.23. The number of carbonyl (C=O) groups is 2. The minimum absolute atomic E-state index is 0.108. The lowest BCUT2D eigenvalue weighted by molar-refractivity contribution is -0.120. The van der Waals surface area contributed by atoms with Crippen LogP contribution in [0.5, 0.6) is 0 Å². The molecule has 1 heterocycles. The van der Waals surface area contributed by atoms with Gasteiger partial charge in [0.25, 0.3) is 5.91 Å². The molecule has 5 nitrogen and oxygen atoms in total. The molecule has 3 rings (SSSR count). The normalized spacial score (nSPS) is 15.9. The Morgan fingerprint density at radius 1 is 1.15 bits per heavy atom. The van der Waals surface area contributed by atoms with Gasteiger partial charge in [0, 0.05) is 12.0 Å². The summed E-state index contributed by atoms with van der Waals surface area (Å²) in [5.74, 6) is -0.341. The fraction of sp³-hybridized carbons (Fsp3) is 0.429. The Balaban J connectivity index is 1.59. The average molecular weight is 372 g/mol. The molecule has 1 fully saturated rings. The number of aryl methyl sites for hydroxylation is 1. The summed E-state index contributed by atoms with van der Waals surface area (Å²) in [7, 11) is 0. The zero-order valence-electron chi connectivity index (χ0n) is 15.5. The van der Waals surface area contributed by atoms with E-state index in [9.17, 15) is 14.0 Å². The quantitative estimate of drug-likeness (QED) is 0.816. The van der Waals surface area contributed by atoms with Crippen molar-refractivity contribution in [2.45, 2.75) is 44.4 Å². The first kappa shape index (κ1) is 19.1. The van der Waals surface area contributed by atoms with Crippen molar-refractivity contribution in [2.24, 2.45) is 0 Å². The molecule has 6 heteroatoms. The number of nitrogens with one attached hydrogen (secondary N) is 2. The summed E-state index contributed by atoms with van der Waals surface area (Å²) in [6.07, 6.45) is 6.54. The van der Waals surface area contributed by atoms with E-state index in [4.69, 9.17) is 4.42 Å². The molecular formula is C21H25FN2O3. The zero-order valence-corrected chi connectivity index (χ0v) is 15.5. The van der Waals surface area contributed by atoms with Crippen LogP contribution in [-0.2, 0) is 10.2 Å². The number of amides is 2. The van der Waals surface area contributed by atoms with Gasteiger partial charge in [-0.2, -0.15) is 0 Å². The van der Waals surface area contributed by atoms with Crippen LogP contribution >= 0.6 is 0 Å². The largest absolute Gasteiger partial charge is 0.469 e. The van der Waals surface area contributed by atoms with Crippen molar-refractivity contribution in [3.05, 3.63) is 59.3 Å².